The number of hydrogen-bond acceptors (Lipinski definition) is 2. The van der Waals surface area contributed by atoms with Gasteiger partial charge in [-0.2, -0.15) is 0 Å². The minimum absolute atomic E-state index is 0.0193. The molecule has 4 aromatic carbocycles. The highest BCUT2D eigenvalue weighted by Crippen LogP contribution is 2.30. The van der Waals surface area contributed by atoms with Crippen LogP contribution in [0.15, 0.2) is 84.9 Å². The summed E-state index contributed by atoms with van der Waals surface area (Å²) in [6.07, 6.45) is 2.08. The minimum atomic E-state index is -0.250. The summed E-state index contributed by atoms with van der Waals surface area (Å²) >= 11 is 0. The molecule has 0 radical (unpaired) electrons. The van der Waals surface area contributed by atoms with Crippen LogP contribution in [0.1, 0.15) is 86.8 Å². The van der Waals surface area contributed by atoms with Crippen molar-refractivity contribution < 1.29 is 9.59 Å². The number of carbonyl (C=O) groups excluding carboxylic acids is 2. The van der Waals surface area contributed by atoms with Gasteiger partial charge < -0.3 is 10.6 Å². The number of benzene rings is 4. The quantitative estimate of drug-likeness (QED) is 0.183. The van der Waals surface area contributed by atoms with Gasteiger partial charge in [-0.3, -0.25) is 9.59 Å². The summed E-state index contributed by atoms with van der Waals surface area (Å²) in [4.78, 5) is 26.2. The van der Waals surface area contributed by atoms with Gasteiger partial charge in [0.1, 0.15) is 0 Å². The Balaban J connectivity index is 1.39. The van der Waals surface area contributed by atoms with Crippen molar-refractivity contribution in [2.45, 2.75) is 80.1 Å². The Morgan fingerprint density at radius 3 is 1.16 bits per heavy atom. The molecular weight excluding hydrogens is 540 g/mol. The Kier molecular flexibility index (Phi) is 10.8. The van der Waals surface area contributed by atoms with E-state index in [2.05, 4.69) is 99.0 Å². The average Bonchev–Trinajstić information content (AvgIpc) is 2.98. The van der Waals surface area contributed by atoms with Crippen LogP contribution in [-0.4, -0.2) is 11.8 Å². The monoisotopic (exact) mass is 588 g/mol. The Labute approximate surface area is 264 Å². The number of anilines is 2. The normalized spacial score (nSPS) is 12.7. The molecule has 0 saturated carbocycles. The number of nitrogens with one attached hydrogen (secondary N) is 2. The van der Waals surface area contributed by atoms with E-state index in [1.807, 2.05) is 52.0 Å². The lowest BCUT2D eigenvalue weighted by Gasteiger charge is -2.17. The fourth-order valence-corrected chi connectivity index (χ4v) is 5.58. The molecule has 2 N–H and O–H groups in total. The first-order chi connectivity index (χ1) is 20.9. The lowest BCUT2D eigenvalue weighted by molar-refractivity contribution is -0.118. The molecular formula is C40H48N2O2. The fourth-order valence-electron chi connectivity index (χ4n) is 5.58. The van der Waals surface area contributed by atoms with Gasteiger partial charge in [0, 0.05) is 11.4 Å². The first-order valence-electron chi connectivity index (χ1n) is 15.9. The van der Waals surface area contributed by atoms with Gasteiger partial charge in [-0.15, -0.1) is 0 Å². The maximum atomic E-state index is 13.1. The molecule has 0 aliphatic rings. The summed E-state index contributed by atoms with van der Waals surface area (Å²) in [5, 5.41) is 6.25. The summed E-state index contributed by atoms with van der Waals surface area (Å²) < 4.78 is 0. The molecule has 0 aliphatic heterocycles. The van der Waals surface area contributed by atoms with E-state index in [-0.39, 0.29) is 23.7 Å². The third kappa shape index (κ3) is 8.47. The zero-order valence-electron chi connectivity index (χ0n) is 27.6. The zero-order chi connectivity index (χ0) is 32.0. The molecule has 2 unspecified atom stereocenters. The van der Waals surface area contributed by atoms with Crippen molar-refractivity contribution >= 4 is 23.2 Å². The van der Waals surface area contributed by atoms with Gasteiger partial charge in [-0.05, 0) is 121 Å². The highest BCUT2D eigenvalue weighted by Gasteiger charge is 2.18. The molecule has 2 amide bonds. The SMILES string of the molecule is Cc1cc(-c2ccc(NC(=O)C(C)c3ccc(CC(C)C)cc3)c(C)c2)ccc1NC(=O)C(C)c1ccc(CC(C)C)cc1. The van der Waals surface area contributed by atoms with Gasteiger partial charge >= 0.3 is 0 Å². The predicted molar refractivity (Wildman–Crippen MR) is 185 cm³/mol. The number of rotatable bonds is 11. The van der Waals surface area contributed by atoms with Crippen molar-refractivity contribution in [3.63, 3.8) is 0 Å². The number of amides is 2. The molecule has 0 fully saturated rings. The van der Waals surface area contributed by atoms with Gasteiger partial charge in [0.2, 0.25) is 11.8 Å². The molecule has 0 aromatic heterocycles. The molecule has 44 heavy (non-hydrogen) atoms. The third-order valence-corrected chi connectivity index (χ3v) is 8.34. The van der Waals surface area contributed by atoms with E-state index in [1.165, 1.54) is 11.1 Å². The summed E-state index contributed by atoms with van der Waals surface area (Å²) in [5.41, 5.74) is 10.4. The largest absolute Gasteiger partial charge is 0.325 e. The van der Waals surface area contributed by atoms with Crippen molar-refractivity contribution in [3.05, 3.63) is 118 Å². The number of hydrogen-bond donors (Lipinski definition) is 2. The van der Waals surface area contributed by atoms with Crippen LogP contribution < -0.4 is 10.6 Å². The Morgan fingerprint density at radius 2 is 0.864 bits per heavy atom. The number of carbonyl (C=O) groups is 2. The maximum Gasteiger partial charge on any atom is 0.231 e. The second-order valence-corrected chi connectivity index (χ2v) is 13.2. The van der Waals surface area contributed by atoms with Crippen molar-refractivity contribution in [2.24, 2.45) is 11.8 Å². The van der Waals surface area contributed by atoms with E-state index in [0.717, 1.165) is 57.6 Å². The highest BCUT2D eigenvalue weighted by molar-refractivity contribution is 5.97. The Bertz CT molecular complexity index is 1460. The molecule has 4 heteroatoms. The number of aryl methyl sites for hydroxylation is 2. The second kappa shape index (κ2) is 14.5. The fraction of sp³-hybridized carbons (Fsp3) is 0.350. The minimum Gasteiger partial charge on any atom is -0.325 e. The Hall–Kier alpha value is -4.18. The van der Waals surface area contributed by atoms with Gasteiger partial charge in [0.25, 0.3) is 0 Å². The van der Waals surface area contributed by atoms with Gasteiger partial charge in [-0.25, -0.2) is 0 Å². The van der Waals surface area contributed by atoms with Crippen LogP contribution in [0, 0.1) is 25.7 Å². The zero-order valence-corrected chi connectivity index (χ0v) is 27.6. The summed E-state index contributed by atoms with van der Waals surface area (Å²) in [7, 11) is 0. The van der Waals surface area contributed by atoms with E-state index in [4.69, 9.17) is 0 Å². The molecule has 230 valence electrons. The molecule has 0 aliphatic carbocycles. The van der Waals surface area contributed by atoms with E-state index in [9.17, 15) is 9.59 Å². The van der Waals surface area contributed by atoms with Crippen LogP contribution >= 0.6 is 0 Å². The van der Waals surface area contributed by atoms with Crippen LogP contribution in [-0.2, 0) is 22.4 Å². The topological polar surface area (TPSA) is 58.2 Å². The highest BCUT2D eigenvalue weighted by atomic mass is 16.2. The second-order valence-electron chi connectivity index (χ2n) is 13.2. The van der Waals surface area contributed by atoms with Gasteiger partial charge in [0.05, 0.1) is 11.8 Å². The molecule has 4 aromatic rings. The molecule has 0 bridgehead atoms. The molecule has 0 heterocycles. The summed E-state index contributed by atoms with van der Waals surface area (Å²) in [6.45, 7) is 16.8. The van der Waals surface area contributed by atoms with Crippen LogP contribution in [0.3, 0.4) is 0 Å². The summed E-state index contributed by atoms with van der Waals surface area (Å²) in [6, 6.07) is 29.0. The first-order valence-corrected chi connectivity index (χ1v) is 15.9. The van der Waals surface area contributed by atoms with E-state index >= 15 is 0 Å². The first kappa shape index (κ1) is 32.7. The smallest absolute Gasteiger partial charge is 0.231 e. The van der Waals surface area contributed by atoms with E-state index < -0.39 is 0 Å². The van der Waals surface area contributed by atoms with Crippen molar-refractivity contribution in [2.75, 3.05) is 10.6 Å². The van der Waals surface area contributed by atoms with Crippen LogP contribution in [0.25, 0.3) is 11.1 Å². The lowest BCUT2D eigenvalue weighted by atomic mass is 9.95. The maximum absolute atomic E-state index is 13.1. The van der Waals surface area contributed by atoms with Crippen LogP contribution in [0.4, 0.5) is 11.4 Å². The average molecular weight is 589 g/mol. The molecule has 0 saturated heterocycles. The van der Waals surface area contributed by atoms with E-state index in [1.54, 1.807) is 0 Å². The molecule has 4 nitrogen and oxygen atoms in total. The van der Waals surface area contributed by atoms with Gasteiger partial charge in [0.15, 0.2) is 0 Å². The van der Waals surface area contributed by atoms with Crippen molar-refractivity contribution in [3.8, 4) is 11.1 Å². The predicted octanol–water partition coefficient (Wildman–Crippen LogP) is 9.85. The summed E-state index contributed by atoms with van der Waals surface area (Å²) in [5.74, 6) is 0.669. The lowest BCUT2D eigenvalue weighted by Crippen LogP contribution is -2.19. The van der Waals surface area contributed by atoms with Crippen molar-refractivity contribution in [1.29, 1.82) is 0 Å². The standard InChI is InChI=1S/C40H48N2O2/c1-25(2)21-31-9-13-33(14-10-31)29(7)39(43)41-37-19-17-35(23-27(37)5)36-18-20-38(28(6)24-36)42-40(44)30(8)34-15-11-32(12-16-34)22-26(3)4/h9-20,23-26,29-30H,21-22H2,1-8H3,(H,41,43)(H,42,44). The van der Waals surface area contributed by atoms with Gasteiger partial charge in [-0.1, -0.05) is 88.4 Å². The van der Waals surface area contributed by atoms with Crippen LogP contribution in [0.2, 0.25) is 0 Å². The third-order valence-electron chi connectivity index (χ3n) is 8.34. The molecule has 0 spiro atoms. The van der Waals surface area contributed by atoms with Crippen LogP contribution in [0.5, 0.6) is 0 Å². The van der Waals surface area contributed by atoms with E-state index in [0.29, 0.717) is 11.8 Å². The molecule has 4 rings (SSSR count). The Morgan fingerprint density at radius 1 is 0.523 bits per heavy atom. The molecule has 2 atom stereocenters. The van der Waals surface area contributed by atoms with Crippen molar-refractivity contribution in [1.82, 2.24) is 0 Å².